The topological polar surface area (TPSA) is 74.3 Å². The third-order valence-electron chi connectivity index (χ3n) is 4.76. The summed E-state index contributed by atoms with van der Waals surface area (Å²) in [5.41, 5.74) is 5.89. The predicted molar refractivity (Wildman–Crippen MR) is 87.2 cm³/mol. The highest BCUT2D eigenvalue weighted by Crippen LogP contribution is 2.34. The molecule has 1 unspecified atom stereocenters. The number of nitrogens with zero attached hydrogens (tertiary/aromatic N) is 3. The molecule has 2 heterocycles. The molecule has 2 fully saturated rings. The Morgan fingerprint density at radius 1 is 1.38 bits per heavy atom. The van der Waals surface area contributed by atoms with Gasteiger partial charge in [0.2, 0.25) is 0 Å². The first kappa shape index (κ1) is 16.9. The quantitative estimate of drug-likeness (QED) is 0.336. The van der Waals surface area contributed by atoms with Crippen LogP contribution < -0.4 is 5.73 Å². The van der Waals surface area contributed by atoms with E-state index in [-0.39, 0.29) is 4.75 Å². The molecule has 7 heteroatoms. The molecule has 6 nitrogen and oxygen atoms in total. The van der Waals surface area contributed by atoms with Gasteiger partial charge in [-0.05, 0) is 25.6 Å². The first-order valence-electron chi connectivity index (χ1n) is 7.73. The number of likely N-dealkylation sites (tertiary alicyclic amines) is 1. The van der Waals surface area contributed by atoms with Crippen LogP contribution in [-0.2, 0) is 4.74 Å². The summed E-state index contributed by atoms with van der Waals surface area (Å²) in [4.78, 5) is 4.89. The van der Waals surface area contributed by atoms with Gasteiger partial charge in [0.15, 0.2) is 5.84 Å². The third kappa shape index (κ3) is 4.03. The maximum Gasteiger partial charge on any atom is 0.155 e. The molecule has 0 bridgehead atoms. The molecule has 2 saturated heterocycles. The lowest BCUT2D eigenvalue weighted by atomic mass is 9.94. The second kappa shape index (κ2) is 7.67. The molecule has 0 spiro atoms. The highest BCUT2D eigenvalue weighted by molar-refractivity contribution is 8.00. The fraction of sp³-hybridized carbons (Fsp3) is 0.929. The van der Waals surface area contributed by atoms with E-state index in [2.05, 4.69) is 21.9 Å². The van der Waals surface area contributed by atoms with Gasteiger partial charge in [-0.2, -0.15) is 11.8 Å². The number of morpholine rings is 1. The van der Waals surface area contributed by atoms with Crippen molar-refractivity contribution < 1.29 is 9.94 Å². The average Bonchev–Trinajstić information content (AvgIpc) is 2.55. The highest BCUT2D eigenvalue weighted by Gasteiger charge is 2.38. The number of hydrogen-bond acceptors (Lipinski definition) is 6. The van der Waals surface area contributed by atoms with Crippen molar-refractivity contribution in [2.45, 2.75) is 30.6 Å². The zero-order chi connectivity index (χ0) is 15.3. The van der Waals surface area contributed by atoms with E-state index in [9.17, 15) is 0 Å². The van der Waals surface area contributed by atoms with Crippen LogP contribution in [0.3, 0.4) is 0 Å². The van der Waals surface area contributed by atoms with E-state index < -0.39 is 0 Å². The molecule has 0 radical (unpaired) electrons. The van der Waals surface area contributed by atoms with Gasteiger partial charge in [0.05, 0.1) is 17.5 Å². The lowest BCUT2D eigenvalue weighted by Crippen LogP contribution is -2.53. The van der Waals surface area contributed by atoms with Crippen LogP contribution in [0.2, 0.25) is 0 Å². The molecule has 0 aromatic heterocycles. The summed E-state index contributed by atoms with van der Waals surface area (Å²) in [5.74, 6) is 0.362. The zero-order valence-electron chi connectivity index (χ0n) is 13.1. The summed E-state index contributed by atoms with van der Waals surface area (Å²) in [5, 5.41) is 12.2. The molecule has 0 saturated carbocycles. The summed E-state index contributed by atoms with van der Waals surface area (Å²) in [7, 11) is 0. The summed E-state index contributed by atoms with van der Waals surface area (Å²) in [6.45, 7) is 9.15. The van der Waals surface area contributed by atoms with E-state index in [0.29, 0.717) is 11.9 Å². The third-order valence-corrected chi connectivity index (χ3v) is 6.16. The highest BCUT2D eigenvalue weighted by atomic mass is 32.2. The second-order valence-corrected chi connectivity index (χ2v) is 7.06. The summed E-state index contributed by atoms with van der Waals surface area (Å²) in [6.07, 6.45) is 4.20. The first-order chi connectivity index (χ1) is 10.1. The molecule has 2 rings (SSSR count). The van der Waals surface area contributed by atoms with Crippen LogP contribution in [-0.4, -0.2) is 83.8 Å². The minimum atomic E-state index is -0.200. The predicted octanol–water partition coefficient (Wildman–Crippen LogP) is 0.651. The van der Waals surface area contributed by atoms with Gasteiger partial charge in [-0.15, -0.1) is 0 Å². The van der Waals surface area contributed by atoms with Crippen molar-refractivity contribution in [3.8, 4) is 0 Å². The van der Waals surface area contributed by atoms with Gasteiger partial charge in [-0.1, -0.05) is 12.1 Å². The number of likely N-dealkylation sites (N-methyl/N-ethyl adjacent to an activating group) is 1. The molecule has 0 aromatic rings. The molecule has 3 N–H and O–H groups in total. The number of oxime groups is 1. The van der Waals surface area contributed by atoms with Crippen LogP contribution in [0.1, 0.15) is 19.8 Å². The van der Waals surface area contributed by atoms with Crippen molar-refractivity contribution in [1.29, 1.82) is 0 Å². The number of amidine groups is 1. The average molecular weight is 316 g/mol. The minimum absolute atomic E-state index is 0.200. The van der Waals surface area contributed by atoms with Gasteiger partial charge >= 0.3 is 0 Å². The van der Waals surface area contributed by atoms with E-state index in [1.807, 2.05) is 6.26 Å². The van der Waals surface area contributed by atoms with Crippen molar-refractivity contribution in [3.63, 3.8) is 0 Å². The SMILES string of the molecule is CCN1CCOC(CN2CCC(SC)(C(N)=NO)CC2)C1. The van der Waals surface area contributed by atoms with Gasteiger partial charge < -0.3 is 20.6 Å². The number of nitrogens with two attached hydrogens (primary N) is 1. The number of piperidine rings is 1. The molecule has 0 aromatic carbocycles. The van der Waals surface area contributed by atoms with Crippen molar-refractivity contribution in [2.75, 3.05) is 52.1 Å². The van der Waals surface area contributed by atoms with Gasteiger partial charge in [-0.3, -0.25) is 4.90 Å². The second-order valence-electron chi connectivity index (χ2n) is 5.87. The molecule has 1 atom stereocenters. The molecular weight excluding hydrogens is 288 g/mol. The standard InChI is InChI=1S/C14H28N4O2S/c1-3-17-8-9-20-12(10-17)11-18-6-4-14(21-2,5-7-18)13(15)16-19/h12,19H,3-11H2,1-2H3,(H2,15,16). The van der Waals surface area contributed by atoms with Crippen LogP contribution in [0, 0.1) is 0 Å². The molecule has 21 heavy (non-hydrogen) atoms. The molecule has 2 aliphatic rings. The van der Waals surface area contributed by atoms with Crippen molar-refractivity contribution in [3.05, 3.63) is 0 Å². The Morgan fingerprint density at radius 3 is 2.67 bits per heavy atom. The van der Waals surface area contributed by atoms with Crippen LogP contribution >= 0.6 is 11.8 Å². The monoisotopic (exact) mass is 316 g/mol. The van der Waals surface area contributed by atoms with Crippen LogP contribution in [0.5, 0.6) is 0 Å². The summed E-state index contributed by atoms with van der Waals surface area (Å²) in [6, 6.07) is 0. The first-order valence-corrected chi connectivity index (χ1v) is 8.95. The Balaban J connectivity index is 1.83. The van der Waals surface area contributed by atoms with Gasteiger partial charge in [0, 0.05) is 32.7 Å². The van der Waals surface area contributed by atoms with Gasteiger partial charge in [0.1, 0.15) is 0 Å². The smallest absolute Gasteiger partial charge is 0.155 e. The molecular formula is C14H28N4O2S. The molecule has 122 valence electrons. The fourth-order valence-corrected chi connectivity index (χ4v) is 4.06. The Bertz CT molecular complexity index is 359. The van der Waals surface area contributed by atoms with E-state index in [1.165, 1.54) is 0 Å². The van der Waals surface area contributed by atoms with Crippen molar-refractivity contribution in [1.82, 2.24) is 9.80 Å². The fourth-order valence-electron chi connectivity index (χ4n) is 3.22. The zero-order valence-corrected chi connectivity index (χ0v) is 13.9. The Labute approximate surface area is 131 Å². The number of thioether (sulfide) groups is 1. The number of ether oxygens (including phenoxy) is 1. The van der Waals surface area contributed by atoms with E-state index in [4.69, 9.17) is 15.7 Å². The maximum atomic E-state index is 8.98. The van der Waals surface area contributed by atoms with Gasteiger partial charge in [0.25, 0.3) is 0 Å². The minimum Gasteiger partial charge on any atom is -0.409 e. The number of hydrogen-bond donors (Lipinski definition) is 2. The largest absolute Gasteiger partial charge is 0.409 e. The summed E-state index contributed by atoms with van der Waals surface area (Å²) >= 11 is 1.70. The van der Waals surface area contributed by atoms with Crippen LogP contribution in [0.4, 0.5) is 0 Å². The lowest BCUT2D eigenvalue weighted by Gasteiger charge is -2.42. The van der Waals surface area contributed by atoms with E-state index in [0.717, 1.165) is 58.7 Å². The van der Waals surface area contributed by atoms with Crippen LogP contribution in [0.25, 0.3) is 0 Å². The van der Waals surface area contributed by atoms with Crippen molar-refractivity contribution >= 4 is 17.6 Å². The van der Waals surface area contributed by atoms with E-state index >= 15 is 0 Å². The van der Waals surface area contributed by atoms with E-state index in [1.54, 1.807) is 11.8 Å². The van der Waals surface area contributed by atoms with Crippen LogP contribution in [0.15, 0.2) is 5.16 Å². The van der Waals surface area contributed by atoms with Gasteiger partial charge in [-0.25, -0.2) is 0 Å². The molecule has 2 aliphatic heterocycles. The molecule has 0 amide bonds. The number of rotatable bonds is 5. The lowest BCUT2D eigenvalue weighted by molar-refractivity contribution is -0.0439. The van der Waals surface area contributed by atoms with Crippen molar-refractivity contribution in [2.24, 2.45) is 10.9 Å². The Hall–Kier alpha value is -0.500. The maximum absolute atomic E-state index is 8.98. The Kier molecular flexibility index (Phi) is 6.16. The summed E-state index contributed by atoms with van der Waals surface area (Å²) < 4.78 is 5.68. The molecule has 0 aliphatic carbocycles. The Morgan fingerprint density at radius 2 is 2.10 bits per heavy atom. The normalized spacial score (nSPS) is 28.7.